The van der Waals surface area contributed by atoms with E-state index in [0.29, 0.717) is 17.5 Å². The minimum atomic E-state index is -0.214. The second kappa shape index (κ2) is 8.71. The minimum Gasteiger partial charge on any atom is -0.491 e. The first-order chi connectivity index (χ1) is 14.5. The van der Waals surface area contributed by atoms with E-state index in [1.54, 1.807) is 21.9 Å². The lowest BCUT2D eigenvalue weighted by atomic mass is 10.2. The van der Waals surface area contributed by atoms with Gasteiger partial charge in [0, 0.05) is 41.6 Å². The molecule has 1 amide bonds. The van der Waals surface area contributed by atoms with Crippen molar-refractivity contribution in [3.8, 4) is 5.75 Å². The van der Waals surface area contributed by atoms with Crippen molar-refractivity contribution >= 4 is 23.4 Å². The summed E-state index contributed by atoms with van der Waals surface area (Å²) in [4.78, 5) is 35.9. The quantitative estimate of drug-likeness (QED) is 0.449. The van der Waals surface area contributed by atoms with Gasteiger partial charge in [-0.2, -0.15) is 0 Å². The lowest BCUT2D eigenvalue weighted by Crippen LogP contribution is -2.33. The highest BCUT2D eigenvalue weighted by atomic mass is 32.2. The Labute approximate surface area is 178 Å². The third-order valence-corrected chi connectivity index (χ3v) is 5.91. The molecule has 0 atom stereocenters. The molecule has 3 heterocycles. The molecule has 8 heteroatoms. The lowest BCUT2D eigenvalue weighted by Gasteiger charge is -2.20. The van der Waals surface area contributed by atoms with Crippen LogP contribution >= 0.6 is 11.8 Å². The molecule has 1 aliphatic heterocycles. The van der Waals surface area contributed by atoms with Crippen LogP contribution in [0.1, 0.15) is 17.0 Å². The Morgan fingerprint density at radius 1 is 1.27 bits per heavy atom. The number of ether oxygens (including phenoxy) is 1. The number of hydrogen-bond donors (Lipinski definition) is 0. The summed E-state index contributed by atoms with van der Waals surface area (Å²) in [6, 6.07) is 11.3. The van der Waals surface area contributed by atoms with E-state index in [2.05, 4.69) is 16.0 Å². The summed E-state index contributed by atoms with van der Waals surface area (Å²) in [6.45, 7) is 2.69. The summed E-state index contributed by atoms with van der Waals surface area (Å²) in [5.41, 5.74) is 3.52. The van der Waals surface area contributed by atoms with Crippen LogP contribution in [0.4, 0.5) is 5.69 Å². The number of nitrogens with zero attached hydrogens (tertiary/aromatic N) is 4. The van der Waals surface area contributed by atoms with E-state index in [1.807, 2.05) is 31.2 Å². The summed E-state index contributed by atoms with van der Waals surface area (Å²) in [5, 5.41) is 0.629. The molecule has 0 spiro atoms. The summed E-state index contributed by atoms with van der Waals surface area (Å²) >= 11 is 1.42. The van der Waals surface area contributed by atoms with E-state index >= 15 is 0 Å². The predicted octanol–water partition coefficient (Wildman–Crippen LogP) is 2.84. The van der Waals surface area contributed by atoms with Crippen LogP contribution in [-0.4, -0.2) is 34.1 Å². The number of aryl methyl sites for hydroxylation is 1. The zero-order valence-electron chi connectivity index (χ0n) is 16.9. The molecule has 2 aromatic heterocycles. The number of anilines is 1. The number of benzene rings is 1. The van der Waals surface area contributed by atoms with Crippen molar-refractivity contribution in [3.05, 3.63) is 76.0 Å². The number of hydrogen-bond acceptors (Lipinski definition) is 6. The van der Waals surface area contributed by atoms with E-state index < -0.39 is 0 Å². The SMILES string of the molecule is COc1cn(CC(=O)N2CCc3ccccc32)c(CSc2nccc(C)n2)cc1=O. The van der Waals surface area contributed by atoms with Crippen LogP contribution in [0.5, 0.6) is 5.75 Å². The van der Waals surface area contributed by atoms with E-state index in [4.69, 9.17) is 4.74 Å². The molecule has 0 fully saturated rings. The predicted molar refractivity (Wildman–Crippen MR) is 116 cm³/mol. The van der Waals surface area contributed by atoms with E-state index in [0.717, 1.165) is 23.5 Å². The highest BCUT2D eigenvalue weighted by Crippen LogP contribution is 2.28. The molecule has 0 aliphatic carbocycles. The number of aromatic nitrogens is 3. The number of methoxy groups -OCH3 is 1. The van der Waals surface area contributed by atoms with Gasteiger partial charge in [-0.1, -0.05) is 30.0 Å². The van der Waals surface area contributed by atoms with Crippen molar-refractivity contribution in [2.75, 3.05) is 18.6 Å². The second-order valence-electron chi connectivity index (χ2n) is 7.02. The molecule has 1 aromatic carbocycles. The molecule has 7 nitrogen and oxygen atoms in total. The Morgan fingerprint density at radius 2 is 2.10 bits per heavy atom. The summed E-state index contributed by atoms with van der Waals surface area (Å²) in [6.07, 6.45) is 4.16. The number of pyridine rings is 1. The fourth-order valence-corrected chi connectivity index (χ4v) is 4.35. The van der Waals surface area contributed by atoms with Crippen molar-refractivity contribution in [2.24, 2.45) is 0 Å². The van der Waals surface area contributed by atoms with Crippen LogP contribution in [0.3, 0.4) is 0 Å². The normalized spacial score (nSPS) is 12.7. The number of rotatable bonds is 6. The third-order valence-electron chi connectivity index (χ3n) is 5.02. The van der Waals surface area contributed by atoms with Crippen LogP contribution in [0.2, 0.25) is 0 Å². The summed E-state index contributed by atoms with van der Waals surface area (Å²) in [5.74, 6) is 0.654. The van der Waals surface area contributed by atoms with Crippen molar-refractivity contribution in [2.45, 2.75) is 30.8 Å². The third kappa shape index (κ3) is 4.23. The molecule has 0 unspecified atom stereocenters. The number of fused-ring (bicyclic) bond motifs is 1. The van der Waals surface area contributed by atoms with Gasteiger partial charge >= 0.3 is 0 Å². The molecule has 154 valence electrons. The Kier molecular flexibility index (Phi) is 5.85. The molecule has 3 aromatic rings. The highest BCUT2D eigenvalue weighted by Gasteiger charge is 2.24. The second-order valence-corrected chi connectivity index (χ2v) is 7.96. The smallest absolute Gasteiger partial charge is 0.246 e. The van der Waals surface area contributed by atoms with Crippen LogP contribution in [0, 0.1) is 6.92 Å². The van der Waals surface area contributed by atoms with E-state index in [9.17, 15) is 9.59 Å². The van der Waals surface area contributed by atoms with Crippen molar-refractivity contribution < 1.29 is 9.53 Å². The molecule has 1 aliphatic rings. The summed E-state index contributed by atoms with van der Waals surface area (Å²) < 4.78 is 6.98. The van der Waals surface area contributed by atoms with E-state index in [1.165, 1.54) is 30.5 Å². The average Bonchev–Trinajstić information content (AvgIpc) is 3.18. The Morgan fingerprint density at radius 3 is 2.90 bits per heavy atom. The van der Waals surface area contributed by atoms with Gasteiger partial charge < -0.3 is 14.2 Å². The van der Waals surface area contributed by atoms with Crippen LogP contribution in [0.25, 0.3) is 0 Å². The number of para-hydroxylation sites is 1. The van der Waals surface area contributed by atoms with Gasteiger partial charge in [-0.05, 0) is 31.0 Å². The molecule has 0 bridgehead atoms. The zero-order chi connectivity index (χ0) is 21.1. The van der Waals surface area contributed by atoms with Gasteiger partial charge in [0.1, 0.15) is 6.54 Å². The maximum atomic E-state index is 13.1. The number of carbonyl (C=O) groups excluding carboxylic acids is 1. The van der Waals surface area contributed by atoms with Crippen LogP contribution < -0.4 is 15.1 Å². The first-order valence-electron chi connectivity index (χ1n) is 9.63. The molecule has 0 radical (unpaired) electrons. The van der Waals surface area contributed by atoms with E-state index in [-0.39, 0.29) is 23.6 Å². The first kappa shape index (κ1) is 20.2. The zero-order valence-corrected chi connectivity index (χ0v) is 17.7. The molecule has 30 heavy (non-hydrogen) atoms. The van der Waals surface area contributed by atoms with Gasteiger partial charge in [0.2, 0.25) is 11.3 Å². The van der Waals surface area contributed by atoms with Crippen LogP contribution in [-0.2, 0) is 23.5 Å². The lowest BCUT2D eigenvalue weighted by molar-refractivity contribution is -0.119. The number of carbonyl (C=O) groups is 1. The van der Waals surface area contributed by atoms with Gasteiger partial charge in [-0.3, -0.25) is 9.59 Å². The fraction of sp³-hybridized carbons (Fsp3) is 0.273. The van der Waals surface area contributed by atoms with Gasteiger partial charge in [-0.25, -0.2) is 9.97 Å². The van der Waals surface area contributed by atoms with Crippen LogP contribution in [0.15, 0.2) is 58.7 Å². The van der Waals surface area contributed by atoms with Gasteiger partial charge in [0.05, 0.1) is 13.3 Å². The largest absolute Gasteiger partial charge is 0.491 e. The van der Waals surface area contributed by atoms with Gasteiger partial charge in [0.15, 0.2) is 10.9 Å². The molecule has 0 saturated carbocycles. The average molecular weight is 423 g/mol. The maximum Gasteiger partial charge on any atom is 0.246 e. The van der Waals surface area contributed by atoms with Gasteiger partial charge in [0.25, 0.3) is 0 Å². The Balaban J connectivity index is 1.58. The molecule has 4 rings (SSSR count). The maximum absolute atomic E-state index is 13.1. The molecule has 0 N–H and O–H groups in total. The Hall–Kier alpha value is -3.13. The summed E-state index contributed by atoms with van der Waals surface area (Å²) in [7, 11) is 1.45. The minimum absolute atomic E-state index is 0.0243. The molecular weight excluding hydrogens is 400 g/mol. The highest BCUT2D eigenvalue weighted by molar-refractivity contribution is 7.98. The first-order valence-corrected chi connectivity index (χ1v) is 10.6. The van der Waals surface area contributed by atoms with Gasteiger partial charge in [-0.15, -0.1) is 0 Å². The monoisotopic (exact) mass is 422 g/mol. The van der Waals surface area contributed by atoms with Crippen molar-refractivity contribution in [1.82, 2.24) is 14.5 Å². The molecular formula is C22H22N4O3S. The standard InChI is InChI=1S/C22H22N4O3S/c1-15-7-9-23-22(24-15)30-14-17-11-19(27)20(29-2)12-25(17)13-21(28)26-10-8-16-5-3-4-6-18(16)26/h3-7,9,11-12H,8,10,13-14H2,1-2H3. The molecule has 0 saturated heterocycles. The fourth-order valence-electron chi connectivity index (χ4n) is 3.48. The number of amides is 1. The Bertz CT molecular complexity index is 1150. The number of thioether (sulfide) groups is 1. The topological polar surface area (TPSA) is 77.3 Å². The van der Waals surface area contributed by atoms with Crippen molar-refractivity contribution in [1.29, 1.82) is 0 Å². The van der Waals surface area contributed by atoms with Crippen molar-refractivity contribution in [3.63, 3.8) is 0 Å².